The normalized spacial score (nSPS) is 12.7. The molecule has 1 aromatic carbocycles. The molecule has 0 saturated carbocycles. The van der Waals surface area contributed by atoms with Crippen molar-refractivity contribution in [1.82, 2.24) is 9.78 Å². The molecule has 2 N–H and O–H groups in total. The van der Waals surface area contributed by atoms with Crippen LogP contribution in [0.3, 0.4) is 0 Å². The van der Waals surface area contributed by atoms with Crippen LogP contribution in [-0.2, 0) is 6.42 Å². The second-order valence-corrected chi connectivity index (χ2v) is 6.19. The number of aromatic nitrogens is 2. The van der Waals surface area contributed by atoms with Crippen molar-refractivity contribution >= 4 is 15.9 Å². The number of hydrogen-bond donors (Lipinski definition) is 1. The van der Waals surface area contributed by atoms with Gasteiger partial charge in [-0.3, -0.25) is 0 Å². The van der Waals surface area contributed by atoms with Crippen LogP contribution in [0.4, 0.5) is 0 Å². The summed E-state index contributed by atoms with van der Waals surface area (Å²) < 4.78 is 3.08. The molecule has 20 heavy (non-hydrogen) atoms. The molecule has 0 aliphatic rings. The Morgan fingerprint density at radius 3 is 2.55 bits per heavy atom. The van der Waals surface area contributed by atoms with Crippen molar-refractivity contribution in [2.24, 2.45) is 5.73 Å². The van der Waals surface area contributed by atoms with Crippen molar-refractivity contribution in [2.75, 3.05) is 0 Å². The highest BCUT2D eigenvalue weighted by atomic mass is 79.9. The van der Waals surface area contributed by atoms with Crippen molar-refractivity contribution in [2.45, 2.75) is 46.6 Å². The Labute approximate surface area is 129 Å². The van der Waals surface area contributed by atoms with Gasteiger partial charge in [-0.15, -0.1) is 0 Å². The fourth-order valence-corrected chi connectivity index (χ4v) is 2.62. The van der Waals surface area contributed by atoms with Crippen LogP contribution in [0.5, 0.6) is 0 Å². The number of hydrogen-bond acceptors (Lipinski definition) is 2. The van der Waals surface area contributed by atoms with Crippen LogP contribution in [0.25, 0.3) is 5.69 Å². The fourth-order valence-electron chi connectivity index (χ4n) is 2.37. The van der Waals surface area contributed by atoms with Crippen LogP contribution in [-0.4, -0.2) is 15.8 Å². The standard InChI is InChI=1S/C16H22BrN3/c1-5-14(18)9-13-8-10(2)6-7-15(13)20-12(4)16(17)11(3)19-20/h6-8,14H,5,9,18H2,1-4H3. The summed E-state index contributed by atoms with van der Waals surface area (Å²) in [5.41, 5.74) is 11.9. The molecule has 0 aliphatic carbocycles. The molecule has 0 saturated heterocycles. The molecule has 0 spiro atoms. The van der Waals surface area contributed by atoms with Crippen LogP contribution >= 0.6 is 15.9 Å². The SMILES string of the molecule is CCC(N)Cc1cc(C)ccc1-n1nc(C)c(Br)c1C. The molecule has 4 heteroatoms. The lowest BCUT2D eigenvalue weighted by molar-refractivity contribution is 0.641. The fraction of sp³-hybridized carbons (Fsp3) is 0.438. The Morgan fingerprint density at radius 2 is 2.00 bits per heavy atom. The lowest BCUT2D eigenvalue weighted by atomic mass is 10.0. The van der Waals surface area contributed by atoms with Gasteiger partial charge in [-0.25, -0.2) is 4.68 Å². The van der Waals surface area contributed by atoms with Gasteiger partial charge in [0.15, 0.2) is 0 Å². The van der Waals surface area contributed by atoms with Crippen LogP contribution in [0.2, 0.25) is 0 Å². The number of halogens is 1. The van der Waals surface area contributed by atoms with Crippen LogP contribution in [0.15, 0.2) is 22.7 Å². The molecule has 0 bridgehead atoms. The molecule has 2 aromatic rings. The van der Waals surface area contributed by atoms with E-state index in [4.69, 9.17) is 5.73 Å². The largest absolute Gasteiger partial charge is 0.327 e. The molecule has 0 fully saturated rings. The summed E-state index contributed by atoms with van der Waals surface area (Å²) in [6.45, 7) is 8.33. The number of nitrogens with two attached hydrogens (primary N) is 1. The van der Waals surface area contributed by atoms with E-state index in [-0.39, 0.29) is 6.04 Å². The molecule has 2 rings (SSSR count). The maximum absolute atomic E-state index is 6.14. The lowest BCUT2D eigenvalue weighted by Gasteiger charge is -2.15. The van der Waals surface area contributed by atoms with Gasteiger partial charge in [0.05, 0.1) is 21.5 Å². The van der Waals surface area contributed by atoms with Crippen LogP contribution in [0, 0.1) is 20.8 Å². The summed E-state index contributed by atoms with van der Waals surface area (Å²) in [6, 6.07) is 6.67. The Bertz CT molecular complexity index is 616. The summed E-state index contributed by atoms with van der Waals surface area (Å²) in [5, 5.41) is 4.63. The molecule has 0 radical (unpaired) electrons. The predicted molar refractivity (Wildman–Crippen MR) is 87.4 cm³/mol. The van der Waals surface area contributed by atoms with Gasteiger partial charge < -0.3 is 5.73 Å². The van der Waals surface area contributed by atoms with E-state index >= 15 is 0 Å². The van der Waals surface area contributed by atoms with E-state index < -0.39 is 0 Å². The number of rotatable bonds is 4. The van der Waals surface area contributed by atoms with Gasteiger partial charge in [-0.05, 0) is 61.2 Å². The third-order valence-electron chi connectivity index (χ3n) is 3.67. The molecule has 1 heterocycles. The molecule has 3 nitrogen and oxygen atoms in total. The van der Waals surface area contributed by atoms with Gasteiger partial charge >= 0.3 is 0 Å². The van der Waals surface area contributed by atoms with E-state index in [2.05, 4.69) is 60.0 Å². The summed E-state index contributed by atoms with van der Waals surface area (Å²) in [5.74, 6) is 0. The smallest absolute Gasteiger partial charge is 0.0743 e. The van der Waals surface area contributed by atoms with Crippen molar-refractivity contribution in [3.05, 3.63) is 45.2 Å². The van der Waals surface area contributed by atoms with Gasteiger partial charge in [-0.1, -0.05) is 24.6 Å². The van der Waals surface area contributed by atoms with Crippen molar-refractivity contribution in [1.29, 1.82) is 0 Å². The minimum absolute atomic E-state index is 0.191. The average Bonchev–Trinajstić information content (AvgIpc) is 2.66. The van der Waals surface area contributed by atoms with Crippen molar-refractivity contribution < 1.29 is 0 Å². The first-order chi connectivity index (χ1) is 9.43. The van der Waals surface area contributed by atoms with E-state index in [9.17, 15) is 0 Å². The molecule has 1 unspecified atom stereocenters. The van der Waals surface area contributed by atoms with Gasteiger partial charge in [0.25, 0.3) is 0 Å². The molecule has 1 aromatic heterocycles. The van der Waals surface area contributed by atoms with Crippen LogP contribution < -0.4 is 5.73 Å². The zero-order chi connectivity index (χ0) is 14.9. The van der Waals surface area contributed by atoms with Gasteiger partial charge in [0, 0.05) is 6.04 Å². The van der Waals surface area contributed by atoms with E-state index in [1.54, 1.807) is 0 Å². The Hall–Kier alpha value is -1.13. The first kappa shape index (κ1) is 15.3. The predicted octanol–water partition coefficient (Wildman–Crippen LogP) is 3.84. The second-order valence-electron chi connectivity index (χ2n) is 5.40. The summed E-state index contributed by atoms with van der Waals surface area (Å²) >= 11 is 3.59. The Morgan fingerprint density at radius 1 is 1.30 bits per heavy atom. The summed E-state index contributed by atoms with van der Waals surface area (Å²) in [4.78, 5) is 0. The molecule has 0 amide bonds. The quantitative estimate of drug-likeness (QED) is 0.922. The second kappa shape index (κ2) is 6.10. The van der Waals surface area contributed by atoms with Crippen LogP contribution in [0.1, 0.15) is 35.9 Å². The van der Waals surface area contributed by atoms with Crippen molar-refractivity contribution in [3.63, 3.8) is 0 Å². The molecular weight excluding hydrogens is 314 g/mol. The number of aryl methyl sites for hydroxylation is 2. The highest BCUT2D eigenvalue weighted by molar-refractivity contribution is 9.10. The number of nitrogens with zero attached hydrogens (tertiary/aromatic N) is 2. The lowest BCUT2D eigenvalue weighted by Crippen LogP contribution is -2.22. The average molecular weight is 336 g/mol. The zero-order valence-electron chi connectivity index (χ0n) is 12.6. The topological polar surface area (TPSA) is 43.8 Å². The van der Waals surface area contributed by atoms with Gasteiger partial charge in [-0.2, -0.15) is 5.10 Å². The molecule has 0 aliphatic heterocycles. The third-order valence-corrected chi connectivity index (χ3v) is 4.82. The first-order valence-corrected chi connectivity index (χ1v) is 7.80. The summed E-state index contributed by atoms with van der Waals surface area (Å²) in [7, 11) is 0. The number of benzene rings is 1. The summed E-state index contributed by atoms with van der Waals surface area (Å²) in [6.07, 6.45) is 1.86. The van der Waals surface area contributed by atoms with E-state index in [1.165, 1.54) is 11.1 Å². The highest BCUT2D eigenvalue weighted by Crippen LogP contribution is 2.26. The maximum Gasteiger partial charge on any atom is 0.0743 e. The minimum atomic E-state index is 0.191. The highest BCUT2D eigenvalue weighted by Gasteiger charge is 2.14. The maximum atomic E-state index is 6.14. The Balaban J connectivity index is 2.52. The molecule has 1 atom stereocenters. The Kier molecular flexibility index (Phi) is 4.66. The van der Waals surface area contributed by atoms with E-state index in [0.717, 1.165) is 34.4 Å². The van der Waals surface area contributed by atoms with E-state index in [0.29, 0.717) is 0 Å². The molecule has 108 valence electrons. The minimum Gasteiger partial charge on any atom is -0.327 e. The third kappa shape index (κ3) is 2.96. The monoisotopic (exact) mass is 335 g/mol. The zero-order valence-corrected chi connectivity index (χ0v) is 14.2. The first-order valence-electron chi connectivity index (χ1n) is 7.01. The van der Waals surface area contributed by atoms with Crippen molar-refractivity contribution in [3.8, 4) is 5.69 Å². The van der Waals surface area contributed by atoms with Gasteiger partial charge in [0.1, 0.15) is 0 Å². The van der Waals surface area contributed by atoms with Gasteiger partial charge in [0.2, 0.25) is 0 Å². The molecular formula is C16H22BrN3. The van der Waals surface area contributed by atoms with E-state index in [1.807, 2.05) is 11.6 Å².